The lowest BCUT2D eigenvalue weighted by molar-refractivity contribution is 1.15. The molecule has 0 atom stereocenters. The molecule has 11 aromatic rings. The highest BCUT2D eigenvalue weighted by atomic mass is 32.2. The Labute approximate surface area is 413 Å². The lowest BCUT2D eigenvalue weighted by Gasteiger charge is -2.43. The molecule has 0 N–H and O–H groups in total. The molecule has 69 heavy (non-hydrogen) atoms. The van der Waals surface area contributed by atoms with Gasteiger partial charge >= 0.3 is 0 Å². The van der Waals surface area contributed by atoms with Gasteiger partial charge in [-0.3, -0.25) is 0 Å². The Morgan fingerprint density at radius 3 is 1.04 bits per heavy atom. The highest BCUT2D eigenvalue weighted by Crippen LogP contribution is 2.56. The zero-order valence-electron chi connectivity index (χ0n) is 37.6. The first-order valence-corrected chi connectivity index (χ1v) is 27.2. The zero-order chi connectivity index (χ0) is 45.7. The minimum absolute atomic E-state index is 1.11. The monoisotopic (exact) mass is 929 g/mol. The van der Waals surface area contributed by atoms with E-state index >= 15 is 0 Å². The molecule has 1 aromatic heterocycles. The predicted molar refractivity (Wildman–Crippen MR) is 294 cm³/mol. The minimum atomic E-state index is -2.78. The summed E-state index contributed by atoms with van der Waals surface area (Å²) in [7, 11) is -2.78. The SMILES string of the molecule is c1ccc(-c2c(-c3ccccc3)c(-c3ccccc3)c(-c3ccc(-c4cccc5c4Sc4ncccc4[Si]54c5ccccc5Sc5ccccc54)cc3)c(-c3ccccc3)c2-c2ccccc2)cc1. The minimum Gasteiger partial charge on any atom is -0.250 e. The molecule has 4 heteroatoms. The van der Waals surface area contributed by atoms with E-state index in [-0.39, 0.29) is 0 Å². The van der Waals surface area contributed by atoms with Crippen molar-refractivity contribution in [1.82, 2.24) is 4.98 Å². The maximum absolute atomic E-state index is 5.17. The average Bonchev–Trinajstić information content (AvgIpc) is 3.43. The van der Waals surface area contributed by atoms with E-state index in [9.17, 15) is 0 Å². The van der Waals surface area contributed by atoms with Crippen LogP contribution in [-0.4, -0.2) is 13.1 Å². The smallest absolute Gasteiger partial charge is 0.186 e. The standard InChI is InChI=1S/C65H43NS2Si/c1-6-22-45(23-7-1)58-59(46-24-8-2-9-25-46)61(48-28-12-4-13-29-48)63(62(49-30-14-5-15-31-49)60(58)47-26-10-3-11-27-47)50-41-39-44(40-42-50)51-32-20-37-56-64(51)68-65-57(38-21-43-66-65)69(56)54-35-18-16-33-52(54)67-53-34-17-19-36-55(53)69/h1-43H. The van der Waals surface area contributed by atoms with Gasteiger partial charge in [-0.25, -0.2) is 4.98 Å². The van der Waals surface area contributed by atoms with Crippen molar-refractivity contribution in [3.05, 3.63) is 261 Å². The summed E-state index contributed by atoms with van der Waals surface area (Å²) in [6.07, 6.45) is 1.97. The first kappa shape index (κ1) is 41.5. The highest BCUT2D eigenvalue weighted by molar-refractivity contribution is 8.01. The predicted octanol–water partition coefficient (Wildman–Crippen LogP) is 15.1. The molecule has 2 aliphatic rings. The molecule has 1 nitrogen and oxygen atoms in total. The Morgan fingerprint density at radius 2 is 0.609 bits per heavy atom. The maximum Gasteiger partial charge on any atom is 0.186 e. The number of hydrogen-bond acceptors (Lipinski definition) is 3. The zero-order valence-corrected chi connectivity index (χ0v) is 40.2. The van der Waals surface area contributed by atoms with Crippen molar-refractivity contribution in [1.29, 1.82) is 0 Å². The fraction of sp³-hybridized carbons (Fsp3) is 0. The molecule has 2 aliphatic heterocycles. The van der Waals surface area contributed by atoms with Crippen LogP contribution in [0.5, 0.6) is 0 Å². The van der Waals surface area contributed by atoms with Gasteiger partial charge in [0.2, 0.25) is 0 Å². The molecule has 1 spiro atoms. The fourth-order valence-corrected chi connectivity index (χ4v) is 20.3. The van der Waals surface area contributed by atoms with Crippen molar-refractivity contribution in [2.75, 3.05) is 0 Å². The molecule has 3 heterocycles. The van der Waals surface area contributed by atoms with Gasteiger partial charge < -0.3 is 0 Å². The van der Waals surface area contributed by atoms with Crippen LogP contribution >= 0.6 is 23.5 Å². The van der Waals surface area contributed by atoms with Gasteiger partial charge in [0.25, 0.3) is 0 Å². The Hall–Kier alpha value is -7.73. The average molecular weight is 930 g/mol. The van der Waals surface area contributed by atoms with Gasteiger partial charge in [-0.05, 0) is 117 Å². The van der Waals surface area contributed by atoms with Crippen LogP contribution in [0.1, 0.15) is 0 Å². The summed E-state index contributed by atoms with van der Waals surface area (Å²) < 4.78 is 0. The van der Waals surface area contributed by atoms with E-state index < -0.39 is 8.07 Å². The molecular weight excluding hydrogens is 887 g/mol. The van der Waals surface area contributed by atoms with Crippen LogP contribution < -0.4 is 20.7 Å². The third-order valence-corrected chi connectivity index (χ3v) is 21.9. The third kappa shape index (κ3) is 6.82. The van der Waals surface area contributed by atoms with Crippen molar-refractivity contribution in [3.8, 4) is 77.9 Å². The molecule has 0 saturated carbocycles. The van der Waals surface area contributed by atoms with Gasteiger partial charge in [0.15, 0.2) is 8.07 Å². The first-order valence-electron chi connectivity index (χ1n) is 23.5. The Morgan fingerprint density at radius 1 is 0.261 bits per heavy atom. The van der Waals surface area contributed by atoms with E-state index in [0.29, 0.717) is 0 Å². The summed E-state index contributed by atoms with van der Waals surface area (Å²) in [5, 5.41) is 6.81. The maximum atomic E-state index is 5.17. The Balaban J connectivity index is 1.10. The summed E-state index contributed by atoms with van der Waals surface area (Å²) in [5.41, 5.74) is 16.7. The molecule has 0 unspecified atom stereocenters. The summed E-state index contributed by atoms with van der Waals surface area (Å²) in [6, 6.07) is 94.4. The summed E-state index contributed by atoms with van der Waals surface area (Å²) in [4.78, 5) is 9.16. The third-order valence-electron chi connectivity index (χ3n) is 13.9. The number of nitrogens with zero attached hydrogens (tertiary/aromatic N) is 1. The highest BCUT2D eigenvalue weighted by Gasteiger charge is 2.52. The van der Waals surface area contributed by atoms with Gasteiger partial charge in [0.1, 0.15) is 5.03 Å². The van der Waals surface area contributed by atoms with Crippen LogP contribution in [0.25, 0.3) is 77.9 Å². The number of rotatable bonds is 7. The molecule has 13 rings (SSSR count). The van der Waals surface area contributed by atoms with Crippen molar-refractivity contribution in [2.45, 2.75) is 19.7 Å². The van der Waals surface area contributed by atoms with Crippen LogP contribution in [0.15, 0.2) is 281 Å². The molecule has 0 aliphatic carbocycles. The van der Waals surface area contributed by atoms with Gasteiger partial charge in [-0.1, -0.05) is 260 Å². The van der Waals surface area contributed by atoms with Crippen molar-refractivity contribution in [3.63, 3.8) is 0 Å². The molecule has 0 bridgehead atoms. The van der Waals surface area contributed by atoms with Crippen LogP contribution in [0.3, 0.4) is 0 Å². The largest absolute Gasteiger partial charge is 0.250 e. The van der Waals surface area contributed by atoms with Crippen LogP contribution in [0.4, 0.5) is 0 Å². The molecule has 0 amide bonds. The molecule has 0 radical (unpaired) electrons. The number of pyridine rings is 1. The lowest BCUT2D eigenvalue weighted by Crippen LogP contribution is -2.78. The van der Waals surface area contributed by atoms with Gasteiger partial charge in [-0.15, -0.1) is 0 Å². The molecule has 324 valence electrons. The first-order chi connectivity index (χ1) is 34.3. The van der Waals surface area contributed by atoms with Crippen molar-refractivity contribution < 1.29 is 0 Å². The molecule has 0 fully saturated rings. The quantitative estimate of drug-likeness (QED) is 0.148. The topological polar surface area (TPSA) is 12.9 Å². The van der Waals surface area contributed by atoms with E-state index in [1.165, 1.54) is 108 Å². The van der Waals surface area contributed by atoms with E-state index in [0.717, 1.165) is 10.6 Å². The number of hydrogen-bond donors (Lipinski definition) is 0. The fourth-order valence-electron chi connectivity index (χ4n) is 11.1. The Kier molecular flexibility index (Phi) is 10.5. The summed E-state index contributed by atoms with van der Waals surface area (Å²) >= 11 is 3.74. The van der Waals surface area contributed by atoms with Crippen LogP contribution in [0.2, 0.25) is 0 Å². The lowest BCUT2D eigenvalue weighted by atomic mass is 9.74. The van der Waals surface area contributed by atoms with Gasteiger partial charge in [-0.2, -0.15) is 0 Å². The van der Waals surface area contributed by atoms with E-state index in [2.05, 4.69) is 255 Å². The second-order valence-electron chi connectivity index (χ2n) is 17.6. The second kappa shape index (κ2) is 17.4. The van der Waals surface area contributed by atoms with Crippen molar-refractivity contribution in [2.24, 2.45) is 0 Å². The van der Waals surface area contributed by atoms with Gasteiger partial charge in [0, 0.05) is 20.9 Å². The van der Waals surface area contributed by atoms with Crippen LogP contribution in [-0.2, 0) is 0 Å². The number of fused-ring (bicyclic) bond motifs is 8. The normalized spacial score (nSPS) is 12.9. The number of benzene rings is 10. The van der Waals surface area contributed by atoms with E-state index in [1.54, 1.807) is 0 Å². The second-order valence-corrected chi connectivity index (χ2v) is 23.4. The Bertz CT molecular complexity index is 3520. The van der Waals surface area contributed by atoms with Crippen LogP contribution in [0, 0.1) is 0 Å². The summed E-state index contributed by atoms with van der Waals surface area (Å²) in [5.74, 6) is 0. The number of aromatic nitrogens is 1. The molecular formula is C65H43NS2Si. The van der Waals surface area contributed by atoms with E-state index in [4.69, 9.17) is 4.98 Å². The van der Waals surface area contributed by atoms with E-state index in [1.807, 2.05) is 29.7 Å². The summed E-state index contributed by atoms with van der Waals surface area (Å²) in [6.45, 7) is 0. The van der Waals surface area contributed by atoms with Crippen molar-refractivity contribution >= 4 is 52.3 Å². The van der Waals surface area contributed by atoms with Gasteiger partial charge in [0.05, 0.1) is 0 Å². The molecule has 10 aromatic carbocycles. The molecule has 0 saturated heterocycles.